The van der Waals surface area contributed by atoms with E-state index in [2.05, 4.69) is 59.0 Å². The van der Waals surface area contributed by atoms with Gasteiger partial charge < -0.3 is 14.0 Å². The number of ether oxygens (including phenoxy) is 2. The van der Waals surface area contributed by atoms with Gasteiger partial charge in [0.25, 0.3) is 0 Å². The number of hydrogen-bond donors (Lipinski definition) is 0. The summed E-state index contributed by atoms with van der Waals surface area (Å²) in [4.78, 5) is 26.1. The molecule has 0 aromatic rings. The van der Waals surface area contributed by atoms with E-state index in [0.29, 0.717) is 48.4 Å². The van der Waals surface area contributed by atoms with Gasteiger partial charge in [0.05, 0.1) is 20.3 Å². The van der Waals surface area contributed by atoms with Crippen molar-refractivity contribution in [2.24, 2.45) is 34.5 Å². The molecule has 7 aliphatic rings. The van der Waals surface area contributed by atoms with Crippen molar-refractivity contribution in [1.29, 1.82) is 0 Å². The molecule has 2 saturated heterocycles. The summed E-state index contributed by atoms with van der Waals surface area (Å²) in [6, 6.07) is 0. The van der Waals surface area contributed by atoms with Crippen molar-refractivity contribution in [1.82, 2.24) is 0 Å². The van der Waals surface area contributed by atoms with Crippen molar-refractivity contribution in [2.45, 2.75) is 103 Å². The third-order valence-electron chi connectivity index (χ3n) is 12.3. The summed E-state index contributed by atoms with van der Waals surface area (Å²) in [6.07, 6.45) is 19.4. The fourth-order valence-electron chi connectivity index (χ4n) is 9.78. The van der Waals surface area contributed by atoms with Gasteiger partial charge in [-0.15, -0.1) is 0 Å². The first-order chi connectivity index (χ1) is 18.5. The van der Waals surface area contributed by atoms with Crippen molar-refractivity contribution in [3.63, 3.8) is 0 Å². The highest BCUT2D eigenvalue weighted by Gasteiger charge is 2.74. The Morgan fingerprint density at radius 3 is 2.54 bits per heavy atom. The first-order valence-corrected chi connectivity index (χ1v) is 15.9. The molecule has 6 nitrogen and oxygen atoms in total. The molecule has 0 aromatic heterocycles. The van der Waals surface area contributed by atoms with E-state index in [4.69, 9.17) is 19.2 Å². The lowest BCUT2D eigenvalue weighted by molar-refractivity contribution is -0.910. The van der Waals surface area contributed by atoms with Crippen molar-refractivity contribution in [3.8, 4) is 0 Å². The Morgan fingerprint density at radius 2 is 1.82 bits per heavy atom. The number of morpholine rings is 1. The molecule has 3 heterocycles. The molecule has 3 aliphatic heterocycles. The summed E-state index contributed by atoms with van der Waals surface area (Å²) in [6.45, 7) is 13.1. The predicted molar refractivity (Wildman–Crippen MR) is 150 cm³/mol. The number of nitrogens with zero attached hydrogens (tertiary/aromatic N) is 1. The van der Waals surface area contributed by atoms with Crippen molar-refractivity contribution < 1.29 is 28.5 Å². The summed E-state index contributed by atoms with van der Waals surface area (Å²) in [5.74, 6) is 2.28. The predicted octanol–water partition coefficient (Wildman–Crippen LogP) is 6.01. The van der Waals surface area contributed by atoms with Crippen LogP contribution in [-0.4, -0.2) is 67.7 Å². The quantitative estimate of drug-likeness (QED) is 0.171. The van der Waals surface area contributed by atoms with Crippen molar-refractivity contribution in [2.75, 3.05) is 39.9 Å². The Hall–Kier alpha value is -1.21. The molecule has 218 valence electrons. The number of fused-ring (bicyclic) bond motifs is 2. The van der Waals surface area contributed by atoms with Gasteiger partial charge >= 0.3 is 5.97 Å². The van der Waals surface area contributed by atoms with Gasteiger partial charge in [0.15, 0.2) is 6.54 Å². The van der Waals surface area contributed by atoms with Crippen LogP contribution in [0.25, 0.3) is 0 Å². The first-order valence-electron chi connectivity index (χ1n) is 15.9. The summed E-state index contributed by atoms with van der Waals surface area (Å²) in [5, 5.41) is 0. The molecule has 3 saturated carbocycles. The van der Waals surface area contributed by atoms with E-state index in [1.165, 1.54) is 38.5 Å². The molecular formula is C33H52NO5+. The van der Waals surface area contributed by atoms with E-state index in [1.807, 2.05) is 0 Å². The minimum absolute atomic E-state index is 0.00222. The van der Waals surface area contributed by atoms with Crippen LogP contribution < -0.4 is 0 Å². The number of carbonyl (C=O) groups is 1. The second-order valence-corrected chi connectivity index (χ2v) is 15.1. The number of quaternary nitrogens is 1. The standard InChI is InChI=1S/C33H52NO5/c1-24(2)8-6-7-9-25-10-11-27-30(25,3)14-13-28-31(4)15-12-26(22-32(31)16-17-33(27,28)39-38-32)37-29(35)23-34(5)18-20-36-21-19-34/h6-7,16-17,24-28H,8-15,18-23H2,1-5H3/q+1/b7-6+/t25?,26?,27?,28?,30?,31?,32-,33+/m1/s1. The Bertz CT molecular complexity index is 1000. The number of allylic oxidation sites excluding steroid dienone is 2. The van der Waals surface area contributed by atoms with Crippen LogP contribution in [0.15, 0.2) is 24.3 Å². The fourth-order valence-corrected chi connectivity index (χ4v) is 9.78. The summed E-state index contributed by atoms with van der Waals surface area (Å²) in [5.41, 5.74) is -0.544. The van der Waals surface area contributed by atoms with E-state index in [1.54, 1.807) is 0 Å². The molecule has 0 aromatic carbocycles. The number of likely N-dealkylation sites (N-methyl/N-ethyl adjacent to an activating group) is 1. The van der Waals surface area contributed by atoms with E-state index >= 15 is 0 Å². The number of carbonyl (C=O) groups excluding carboxylic acids is 1. The zero-order valence-electron chi connectivity index (χ0n) is 25.1. The van der Waals surface area contributed by atoms with Gasteiger partial charge in [-0.25, -0.2) is 14.6 Å². The molecule has 6 heteroatoms. The topological polar surface area (TPSA) is 54.0 Å². The van der Waals surface area contributed by atoms with Crippen LogP contribution in [-0.2, 0) is 24.0 Å². The molecule has 0 radical (unpaired) electrons. The van der Waals surface area contributed by atoms with Crippen molar-refractivity contribution >= 4 is 5.97 Å². The number of rotatable bonds is 7. The first kappa shape index (κ1) is 27.9. The minimum Gasteiger partial charge on any atom is -0.458 e. The second kappa shape index (κ2) is 9.96. The SMILES string of the molecule is CC(C)C/C=C/CC1CCC2C1(C)CCC1C3(C)CCC(OC(=O)C[N+]4(C)CCOCC4)C[C@]34C=C[C@]21OO4. The molecule has 8 atom stereocenters. The van der Waals surface area contributed by atoms with Gasteiger partial charge in [-0.05, 0) is 74.7 Å². The largest absolute Gasteiger partial charge is 0.458 e. The lowest BCUT2D eigenvalue weighted by atomic mass is 9.43. The number of esters is 1. The third kappa shape index (κ3) is 4.47. The molecule has 39 heavy (non-hydrogen) atoms. The smallest absolute Gasteiger partial charge is 0.362 e. The minimum atomic E-state index is -0.509. The van der Waals surface area contributed by atoms with E-state index < -0.39 is 5.60 Å². The summed E-state index contributed by atoms with van der Waals surface area (Å²) >= 11 is 0. The van der Waals surface area contributed by atoms with Crippen molar-refractivity contribution in [3.05, 3.63) is 24.3 Å². The van der Waals surface area contributed by atoms with Gasteiger partial charge in [-0.1, -0.05) is 45.9 Å². The maximum Gasteiger partial charge on any atom is 0.362 e. The molecule has 7 rings (SSSR count). The summed E-state index contributed by atoms with van der Waals surface area (Å²) in [7, 11) is 2.13. The van der Waals surface area contributed by atoms with Gasteiger partial charge in [0, 0.05) is 23.7 Å². The normalized spacial score (nSPS) is 46.2. The average molecular weight is 543 g/mol. The van der Waals surface area contributed by atoms with Gasteiger partial charge in [0.2, 0.25) is 0 Å². The van der Waals surface area contributed by atoms with E-state index in [-0.39, 0.29) is 28.5 Å². The maximum atomic E-state index is 13.0. The molecule has 2 bridgehead atoms. The zero-order chi connectivity index (χ0) is 27.5. The highest BCUT2D eigenvalue weighted by molar-refractivity contribution is 5.70. The Morgan fingerprint density at radius 1 is 1.03 bits per heavy atom. The van der Waals surface area contributed by atoms with E-state index in [9.17, 15) is 4.79 Å². The van der Waals surface area contributed by atoms with Crippen LogP contribution in [0.5, 0.6) is 0 Å². The van der Waals surface area contributed by atoms with Crippen LogP contribution in [0.2, 0.25) is 0 Å². The Labute approximate surface area is 236 Å². The van der Waals surface area contributed by atoms with Crippen LogP contribution in [0.3, 0.4) is 0 Å². The van der Waals surface area contributed by atoms with Crippen LogP contribution in [0.1, 0.15) is 85.5 Å². The fraction of sp³-hybridized carbons (Fsp3) is 0.848. The molecule has 5 fully saturated rings. The summed E-state index contributed by atoms with van der Waals surface area (Å²) < 4.78 is 12.3. The van der Waals surface area contributed by atoms with Gasteiger partial charge in [-0.2, -0.15) is 0 Å². The molecule has 4 aliphatic carbocycles. The molecule has 0 amide bonds. The third-order valence-corrected chi connectivity index (χ3v) is 12.3. The lowest BCUT2D eigenvalue weighted by Gasteiger charge is -2.69. The molecular weight excluding hydrogens is 490 g/mol. The maximum absolute atomic E-state index is 13.0. The van der Waals surface area contributed by atoms with E-state index in [0.717, 1.165) is 31.8 Å². The number of hydrogen-bond acceptors (Lipinski definition) is 5. The second-order valence-electron chi connectivity index (χ2n) is 15.1. The highest BCUT2D eigenvalue weighted by Crippen LogP contribution is 2.72. The Kier molecular flexibility index (Phi) is 7.13. The van der Waals surface area contributed by atoms with Crippen LogP contribution >= 0.6 is 0 Å². The van der Waals surface area contributed by atoms with Crippen LogP contribution in [0, 0.1) is 34.5 Å². The lowest BCUT2D eigenvalue weighted by Crippen LogP contribution is -2.73. The Balaban J connectivity index is 1.16. The van der Waals surface area contributed by atoms with Gasteiger partial charge in [-0.3, -0.25) is 0 Å². The molecule has 0 N–H and O–H groups in total. The van der Waals surface area contributed by atoms with Crippen LogP contribution in [0.4, 0.5) is 0 Å². The highest BCUT2D eigenvalue weighted by atomic mass is 17.2. The van der Waals surface area contributed by atoms with Gasteiger partial charge in [0.1, 0.15) is 30.4 Å². The zero-order valence-corrected chi connectivity index (χ0v) is 25.1. The molecule has 6 unspecified atom stereocenters. The monoisotopic (exact) mass is 542 g/mol. The average Bonchev–Trinajstić information content (AvgIpc) is 3.23. The molecule has 2 spiro atoms.